The fraction of sp³-hybridized carbons (Fsp3) is 0.500. The van der Waals surface area contributed by atoms with Crippen LogP contribution in [0.1, 0.15) is 26.2 Å². The third-order valence-electron chi connectivity index (χ3n) is 5.73. The zero-order valence-electron chi connectivity index (χ0n) is 16.5. The SMILES string of the molecule is C[C@H](COC(F)(F)F)OCC(=O)NC12CC(n3cnc(-c4ccc(Cl)c(F)c4)c3)(C1)C2. The molecular formula is C20H20ClF4N3O3. The second-order valence-corrected chi connectivity index (χ2v) is 8.66. The third kappa shape index (κ3) is 4.56. The van der Waals surface area contributed by atoms with Gasteiger partial charge in [-0.05, 0) is 38.3 Å². The molecular weight excluding hydrogens is 442 g/mol. The van der Waals surface area contributed by atoms with Gasteiger partial charge in [0.25, 0.3) is 0 Å². The van der Waals surface area contributed by atoms with Gasteiger partial charge in [0.15, 0.2) is 0 Å². The molecule has 1 heterocycles. The Kier molecular flexibility index (Phi) is 5.51. The van der Waals surface area contributed by atoms with E-state index < -0.39 is 24.9 Å². The molecule has 1 atom stereocenters. The van der Waals surface area contributed by atoms with Crippen molar-refractivity contribution in [2.75, 3.05) is 13.2 Å². The number of ether oxygens (including phenoxy) is 2. The zero-order valence-corrected chi connectivity index (χ0v) is 17.3. The quantitative estimate of drug-likeness (QED) is 0.603. The Morgan fingerprint density at radius 2 is 2.06 bits per heavy atom. The third-order valence-corrected chi connectivity index (χ3v) is 6.04. The van der Waals surface area contributed by atoms with Crippen molar-refractivity contribution in [3.8, 4) is 11.3 Å². The largest absolute Gasteiger partial charge is 0.522 e. The molecule has 11 heteroatoms. The molecule has 0 saturated heterocycles. The maximum atomic E-state index is 13.7. The van der Waals surface area contributed by atoms with Crippen LogP contribution < -0.4 is 5.32 Å². The lowest BCUT2D eigenvalue weighted by Gasteiger charge is -2.70. The average molecular weight is 462 g/mol. The summed E-state index contributed by atoms with van der Waals surface area (Å²) in [6.07, 6.45) is 0.0795. The van der Waals surface area contributed by atoms with Gasteiger partial charge in [0.1, 0.15) is 12.4 Å². The molecule has 0 radical (unpaired) electrons. The molecule has 0 spiro atoms. The molecule has 3 saturated carbocycles. The minimum atomic E-state index is -4.73. The van der Waals surface area contributed by atoms with Crippen molar-refractivity contribution in [3.05, 3.63) is 41.6 Å². The van der Waals surface area contributed by atoms with E-state index in [1.807, 2.05) is 10.8 Å². The Hall–Kier alpha value is -2.17. The van der Waals surface area contributed by atoms with E-state index in [2.05, 4.69) is 15.0 Å². The van der Waals surface area contributed by atoms with Gasteiger partial charge in [-0.15, -0.1) is 13.2 Å². The van der Waals surface area contributed by atoms with Gasteiger partial charge in [0, 0.05) is 17.3 Å². The molecule has 5 rings (SSSR count). The van der Waals surface area contributed by atoms with E-state index in [9.17, 15) is 22.4 Å². The lowest BCUT2D eigenvalue weighted by Crippen LogP contribution is -2.78. The van der Waals surface area contributed by atoms with Crippen molar-refractivity contribution in [2.45, 2.75) is 49.7 Å². The molecule has 168 valence electrons. The lowest BCUT2D eigenvalue weighted by atomic mass is 9.44. The molecule has 1 aromatic carbocycles. The van der Waals surface area contributed by atoms with Gasteiger partial charge in [-0.25, -0.2) is 9.37 Å². The normalized spacial score (nSPS) is 25.5. The Bertz CT molecular complexity index is 975. The van der Waals surface area contributed by atoms with Gasteiger partial charge in [-0.2, -0.15) is 0 Å². The molecule has 0 unspecified atom stereocenters. The number of benzene rings is 1. The molecule has 3 fully saturated rings. The van der Waals surface area contributed by atoms with Crippen LogP contribution in [0, 0.1) is 5.82 Å². The smallest absolute Gasteiger partial charge is 0.366 e. The molecule has 3 aliphatic rings. The van der Waals surface area contributed by atoms with Gasteiger partial charge in [0.05, 0.1) is 35.3 Å². The molecule has 1 aromatic heterocycles. The first-order valence-electron chi connectivity index (χ1n) is 9.63. The first-order valence-corrected chi connectivity index (χ1v) is 10.0. The molecule has 6 nitrogen and oxygen atoms in total. The van der Waals surface area contributed by atoms with Crippen LogP contribution in [0.3, 0.4) is 0 Å². The highest BCUT2D eigenvalue weighted by Crippen LogP contribution is 2.65. The monoisotopic (exact) mass is 461 g/mol. The summed E-state index contributed by atoms with van der Waals surface area (Å²) in [5, 5.41) is 2.96. The summed E-state index contributed by atoms with van der Waals surface area (Å²) in [4.78, 5) is 16.5. The Labute approximate surface area is 180 Å². The summed E-state index contributed by atoms with van der Waals surface area (Å²) in [5.41, 5.74) is 0.777. The number of imidazole rings is 1. The number of carbonyl (C=O) groups excluding carboxylic acids is 1. The van der Waals surface area contributed by atoms with E-state index >= 15 is 0 Å². The van der Waals surface area contributed by atoms with Crippen LogP contribution in [0.4, 0.5) is 17.6 Å². The molecule has 0 aliphatic heterocycles. The summed E-state index contributed by atoms with van der Waals surface area (Å²) >= 11 is 5.72. The summed E-state index contributed by atoms with van der Waals surface area (Å²) in [5.74, 6) is -0.891. The van der Waals surface area contributed by atoms with Crippen molar-refractivity contribution in [1.82, 2.24) is 14.9 Å². The number of aromatic nitrogens is 2. The maximum Gasteiger partial charge on any atom is 0.522 e. The minimum absolute atomic E-state index is 0.0477. The van der Waals surface area contributed by atoms with E-state index in [-0.39, 0.29) is 28.6 Å². The van der Waals surface area contributed by atoms with Crippen molar-refractivity contribution < 1.29 is 31.8 Å². The van der Waals surface area contributed by atoms with E-state index in [0.717, 1.165) is 0 Å². The second-order valence-electron chi connectivity index (χ2n) is 8.26. The van der Waals surface area contributed by atoms with Crippen LogP contribution in [0.15, 0.2) is 30.7 Å². The van der Waals surface area contributed by atoms with Crippen LogP contribution >= 0.6 is 11.6 Å². The predicted octanol–water partition coefficient (Wildman–Crippen LogP) is 4.03. The number of halogens is 5. The van der Waals surface area contributed by atoms with Gasteiger partial charge in [0.2, 0.25) is 5.91 Å². The van der Waals surface area contributed by atoms with Crippen molar-refractivity contribution >= 4 is 17.5 Å². The van der Waals surface area contributed by atoms with Crippen molar-refractivity contribution in [3.63, 3.8) is 0 Å². The molecule has 3 aliphatic carbocycles. The Morgan fingerprint density at radius 1 is 1.35 bits per heavy atom. The maximum absolute atomic E-state index is 13.7. The number of nitrogens with zero attached hydrogens (tertiary/aromatic N) is 2. The van der Waals surface area contributed by atoms with Gasteiger partial charge in [-0.3, -0.25) is 9.53 Å². The van der Waals surface area contributed by atoms with Gasteiger partial charge >= 0.3 is 6.36 Å². The van der Waals surface area contributed by atoms with Gasteiger partial charge < -0.3 is 14.6 Å². The van der Waals surface area contributed by atoms with Crippen LogP contribution in [0.25, 0.3) is 11.3 Å². The first-order chi connectivity index (χ1) is 14.5. The molecule has 1 N–H and O–H groups in total. The van der Waals surface area contributed by atoms with Crippen LogP contribution in [-0.2, 0) is 19.8 Å². The summed E-state index contributed by atoms with van der Waals surface area (Å²) in [6.45, 7) is 0.387. The second kappa shape index (κ2) is 7.75. The van der Waals surface area contributed by atoms with E-state index in [4.69, 9.17) is 16.3 Å². The minimum Gasteiger partial charge on any atom is -0.366 e. The number of amides is 1. The molecule has 2 bridgehead atoms. The average Bonchev–Trinajstić information content (AvgIpc) is 3.11. The number of rotatable bonds is 8. The van der Waals surface area contributed by atoms with Crippen LogP contribution in [0.2, 0.25) is 5.02 Å². The molecule has 31 heavy (non-hydrogen) atoms. The van der Waals surface area contributed by atoms with E-state index in [1.54, 1.807) is 12.4 Å². The zero-order chi connectivity index (χ0) is 22.4. The predicted molar refractivity (Wildman–Crippen MR) is 103 cm³/mol. The fourth-order valence-electron chi connectivity index (χ4n) is 4.34. The summed E-state index contributed by atoms with van der Waals surface area (Å²) < 4.78 is 60.5. The highest BCUT2D eigenvalue weighted by molar-refractivity contribution is 6.30. The highest BCUT2D eigenvalue weighted by Gasteiger charge is 2.69. The Balaban J connectivity index is 1.26. The number of carbonyl (C=O) groups is 1. The van der Waals surface area contributed by atoms with Gasteiger partial charge in [-0.1, -0.05) is 17.7 Å². The first kappa shape index (κ1) is 22.0. The molecule has 1 amide bonds. The van der Waals surface area contributed by atoms with Crippen LogP contribution in [-0.4, -0.2) is 46.7 Å². The molecule has 2 aromatic rings. The van der Waals surface area contributed by atoms with Crippen LogP contribution in [0.5, 0.6) is 0 Å². The lowest BCUT2D eigenvalue weighted by molar-refractivity contribution is -0.330. The number of hydrogen-bond donors (Lipinski definition) is 1. The summed E-state index contributed by atoms with van der Waals surface area (Å²) in [7, 11) is 0. The Morgan fingerprint density at radius 3 is 2.71 bits per heavy atom. The number of nitrogens with one attached hydrogen (secondary N) is 1. The fourth-order valence-corrected chi connectivity index (χ4v) is 4.45. The number of alkyl halides is 3. The van der Waals surface area contributed by atoms with Crippen molar-refractivity contribution in [1.29, 1.82) is 0 Å². The van der Waals surface area contributed by atoms with Crippen molar-refractivity contribution in [2.24, 2.45) is 0 Å². The van der Waals surface area contributed by atoms with E-state index in [1.165, 1.54) is 19.1 Å². The summed E-state index contributed by atoms with van der Waals surface area (Å²) in [6, 6.07) is 4.51. The topological polar surface area (TPSA) is 65.4 Å². The van der Waals surface area contributed by atoms with E-state index in [0.29, 0.717) is 30.5 Å². The standard InChI is InChI=1S/C20H20ClF4N3O3/c1-12(6-31-20(23,24)25)30-7-17(29)27-18-8-19(9-18,10-18)28-5-16(26-11-28)13-2-3-14(21)15(22)4-13/h2-5,11-12H,6-10H2,1H3,(H,27,29)/t12-,18?,19?/m1/s1. The number of hydrogen-bond acceptors (Lipinski definition) is 4. The highest BCUT2D eigenvalue weighted by atomic mass is 35.5.